The number of rotatable bonds is 7. The molecule has 0 fully saturated rings. The van der Waals surface area contributed by atoms with Gasteiger partial charge in [0, 0.05) is 29.0 Å². The molecule has 1 aromatic heterocycles. The molecule has 0 aliphatic carbocycles. The summed E-state index contributed by atoms with van der Waals surface area (Å²) < 4.78 is 24.5. The van der Waals surface area contributed by atoms with Gasteiger partial charge in [0.05, 0.1) is 0 Å². The summed E-state index contributed by atoms with van der Waals surface area (Å²) in [7, 11) is 1.52. The van der Waals surface area contributed by atoms with Crippen molar-refractivity contribution in [3.8, 4) is 0 Å². The molecule has 0 aromatic carbocycles. The molecule has 1 rings (SSSR count). The van der Waals surface area contributed by atoms with Gasteiger partial charge in [-0.3, -0.25) is 4.79 Å². The minimum absolute atomic E-state index is 0.0453. The van der Waals surface area contributed by atoms with Crippen LogP contribution in [0.3, 0.4) is 0 Å². The topological polar surface area (TPSA) is 68.2 Å². The first kappa shape index (κ1) is 18.0. The maximum atomic E-state index is 12.4. The Bertz CT molecular complexity index is 606. The number of hydrogen-bond acceptors (Lipinski definition) is 3. The summed E-state index contributed by atoms with van der Waals surface area (Å²) in [5, 5.41) is 2.94. The van der Waals surface area contributed by atoms with E-state index in [1.165, 1.54) is 12.3 Å². The van der Waals surface area contributed by atoms with Crippen LogP contribution in [-0.4, -0.2) is 24.4 Å². The third-order valence-corrected chi connectivity index (χ3v) is 4.50. The van der Waals surface area contributed by atoms with Crippen LogP contribution in [0.5, 0.6) is 0 Å². The Morgan fingerprint density at radius 1 is 1.33 bits per heavy atom. The van der Waals surface area contributed by atoms with Crippen LogP contribution in [0.15, 0.2) is 17.2 Å². The molecule has 1 N–H and O–H groups in total. The van der Waals surface area contributed by atoms with E-state index >= 15 is 0 Å². The van der Waals surface area contributed by atoms with Crippen LogP contribution in [-0.2, 0) is 15.6 Å². The van der Waals surface area contributed by atoms with Gasteiger partial charge in [-0.05, 0) is 32.8 Å². The Labute approximate surface area is 131 Å². The number of nitrogens with zero attached hydrogens (tertiary/aromatic N) is 1. The van der Waals surface area contributed by atoms with Crippen molar-refractivity contribution < 1.29 is 13.2 Å². The minimum atomic E-state index is -3.84. The van der Waals surface area contributed by atoms with Gasteiger partial charge in [-0.1, -0.05) is 20.3 Å². The van der Waals surface area contributed by atoms with Crippen molar-refractivity contribution in [2.75, 3.05) is 0 Å². The maximum absolute atomic E-state index is 12.4. The van der Waals surface area contributed by atoms with Gasteiger partial charge in [0.25, 0.3) is 15.0 Å². The molecule has 0 saturated carbocycles. The normalized spacial score (nSPS) is 12.4. The molecule has 0 bridgehead atoms. The lowest BCUT2D eigenvalue weighted by molar-refractivity contribution is 0.0899. The Morgan fingerprint density at radius 2 is 1.95 bits per heavy atom. The molecule has 0 aliphatic heterocycles. The van der Waals surface area contributed by atoms with E-state index in [4.69, 9.17) is 10.7 Å². The molecule has 1 heterocycles. The van der Waals surface area contributed by atoms with Crippen LogP contribution in [0.2, 0.25) is 0 Å². The molecule has 1 aromatic rings. The smallest absolute Gasteiger partial charge is 0.268 e. The van der Waals surface area contributed by atoms with E-state index in [1.54, 1.807) is 4.57 Å². The average molecular weight is 335 g/mol. The van der Waals surface area contributed by atoms with Crippen molar-refractivity contribution in [2.24, 2.45) is 0 Å². The number of aryl methyl sites for hydroxylation is 1. The first-order valence-corrected chi connectivity index (χ1v) is 9.39. The zero-order chi connectivity index (χ0) is 16.3. The Kier molecular flexibility index (Phi) is 5.87. The van der Waals surface area contributed by atoms with Crippen LogP contribution in [0, 0.1) is 0 Å². The van der Waals surface area contributed by atoms with E-state index in [2.05, 4.69) is 5.32 Å². The van der Waals surface area contributed by atoms with Crippen molar-refractivity contribution in [3.63, 3.8) is 0 Å². The number of carbonyl (C=O) groups is 1. The largest absolute Gasteiger partial charge is 0.346 e. The van der Waals surface area contributed by atoms with Crippen LogP contribution >= 0.6 is 10.7 Å². The summed E-state index contributed by atoms with van der Waals surface area (Å²) in [6, 6.07) is 1.33. The van der Waals surface area contributed by atoms with Gasteiger partial charge >= 0.3 is 0 Å². The first-order chi connectivity index (χ1) is 9.60. The lowest BCUT2D eigenvalue weighted by Crippen LogP contribution is -2.43. The Balaban J connectivity index is 3.10. The summed E-state index contributed by atoms with van der Waals surface area (Å²) in [4.78, 5) is 12.4. The van der Waals surface area contributed by atoms with E-state index in [0.29, 0.717) is 12.2 Å². The zero-order valence-electron chi connectivity index (χ0n) is 12.9. The van der Waals surface area contributed by atoms with E-state index in [-0.39, 0.29) is 16.3 Å². The zero-order valence-corrected chi connectivity index (χ0v) is 14.5. The number of aromatic nitrogens is 1. The summed E-state index contributed by atoms with van der Waals surface area (Å²) in [6.45, 7) is 8.45. The van der Waals surface area contributed by atoms with Crippen LogP contribution in [0.25, 0.3) is 0 Å². The standard InChI is InChI=1S/C14H23ClN2O3S/c1-5-7-14(3,4)16-13(18)12-9-11(21(15,19)20)10-17(12)8-6-2/h9-10H,5-8H2,1-4H3,(H,16,18). The number of halogens is 1. The second-order valence-electron chi connectivity index (χ2n) is 5.78. The molecule has 5 nitrogen and oxygen atoms in total. The van der Waals surface area contributed by atoms with Crippen molar-refractivity contribution in [1.29, 1.82) is 0 Å². The number of amides is 1. The van der Waals surface area contributed by atoms with Gasteiger partial charge in [-0.25, -0.2) is 8.42 Å². The molecule has 0 atom stereocenters. The number of nitrogens with one attached hydrogen (secondary N) is 1. The average Bonchev–Trinajstić information content (AvgIpc) is 2.72. The van der Waals surface area contributed by atoms with Crippen LogP contribution in [0.4, 0.5) is 0 Å². The fraction of sp³-hybridized carbons (Fsp3) is 0.643. The van der Waals surface area contributed by atoms with Gasteiger partial charge in [0.15, 0.2) is 0 Å². The van der Waals surface area contributed by atoms with Crippen molar-refractivity contribution >= 4 is 25.6 Å². The van der Waals surface area contributed by atoms with Gasteiger partial charge in [-0.2, -0.15) is 0 Å². The number of hydrogen-bond donors (Lipinski definition) is 1. The highest BCUT2D eigenvalue weighted by molar-refractivity contribution is 8.13. The lowest BCUT2D eigenvalue weighted by Gasteiger charge is -2.26. The third kappa shape index (κ3) is 5.04. The van der Waals surface area contributed by atoms with E-state index in [1.807, 2.05) is 27.7 Å². The Hall–Kier alpha value is -1.01. The highest BCUT2D eigenvalue weighted by Gasteiger charge is 2.24. The van der Waals surface area contributed by atoms with Crippen molar-refractivity contribution in [2.45, 2.75) is 63.9 Å². The van der Waals surface area contributed by atoms with E-state index in [0.717, 1.165) is 19.3 Å². The Morgan fingerprint density at radius 3 is 2.43 bits per heavy atom. The highest BCUT2D eigenvalue weighted by Crippen LogP contribution is 2.20. The molecule has 0 unspecified atom stereocenters. The third-order valence-electron chi connectivity index (χ3n) is 3.18. The summed E-state index contributed by atoms with van der Waals surface area (Å²) in [6.07, 6.45) is 3.99. The summed E-state index contributed by atoms with van der Waals surface area (Å²) >= 11 is 0. The predicted molar refractivity (Wildman–Crippen MR) is 84.2 cm³/mol. The molecule has 21 heavy (non-hydrogen) atoms. The minimum Gasteiger partial charge on any atom is -0.346 e. The fourth-order valence-corrected chi connectivity index (χ4v) is 3.05. The van der Waals surface area contributed by atoms with Gasteiger partial charge in [0.2, 0.25) is 0 Å². The molecule has 0 spiro atoms. The van der Waals surface area contributed by atoms with Crippen LogP contribution < -0.4 is 5.32 Å². The summed E-state index contributed by atoms with van der Waals surface area (Å²) in [5.74, 6) is -0.284. The van der Waals surface area contributed by atoms with E-state index < -0.39 is 9.05 Å². The van der Waals surface area contributed by atoms with Crippen LogP contribution in [0.1, 0.15) is 57.4 Å². The molecular formula is C14H23ClN2O3S. The van der Waals surface area contributed by atoms with Crippen molar-refractivity contribution in [3.05, 3.63) is 18.0 Å². The first-order valence-electron chi connectivity index (χ1n) is 7.08. The maximum Gasteiger partial charge on any atom is 0.268 e. The molecule has 0 radical (unpaired) electrons. The SMILES string of the molecule is CCCn1cc(S(=O)(=O)Cl)cc1C(=O)NC(C)(C)CCC. The lowest BCUT2D eigenvalue weighted by atomic mass is 9.99. The van der Waals surface area contributed by atoms with Gasteiger partial charge < -0.3 is 9.88 Å². The molecule has 1 amide bonds. The molecule has 120 valence electrons. The number of carbonyl (C=O) groups excluding carboxylic acids is 1. The molecule has 0 saturated heterocycles. The molecular weight excluding hydrogens is 312 g/mol. The second-order valence-corrected chi connectivity index (χ2v) is 8.35. The predicted octanol–water partition coefficient (Wildman–Crippen LogP) is 3.13. The molecule has 7 heteroatoms. The van der Waals surface area contributed by atoms with Gasteiger partial charge in [-0.15, -0.1) is 0 Å². The van der Waals surface area contributed by atoms with E-state index in [9.17, 15) is 13.2 Å². The highest BCUT2D eigenvalue weighted by atomic mass is 35.7. The van der Waals surface area contributed by atoms with Gasteiger partial charge in [0.1, 0.15) is 10.6 Å². The monoisotopic (exact) mass is 334 g/mol. The molecule has 0 aliphatic rings. The summed E-state index contributed by atoms with van der Waals surface area (Å²) in [5.41, 5.74) is -0.0204. The quantitative estimate of drug-likeness (QED) is 0.779. The fourth-order valence-electron chi connectivity index (χ4n) is 2.29. The second kappa shape index (κ2) is 6.83. The van der Waals surface area contributed by atoms with Crippen molar-refractivity contribution in [1.82, 2.24) is 9.88 Å².